The van der Waals surface area contributed by atoms with Crippen molar-refractivity contribution >= 4 is 18.3 Å². The molecule has 1 aliphatic heterocycles. The summed E-state index contributed by atoms with van der Waals surface area (Å²) in [5.41, 5.74) is 5.56. The summed E-state index contributed by atoms with van der Waals surface area (Å²) in [5, 5.41) is 2.97. The Hall–Kier alpha value is -0.360. The van der Waals surface area contributed by atoms with Crippen LogP contribution >= 0.6 is 12.4 Å². The molecule has 0 bridgehead atoms. The molecule has 130 valence electrons. The highest BCUT2D eigenvalue weighted by Crippen LogP contribution is 2.25. The van der Waals surface area contributed by atoms with Crippen molar-refractivity contribution in [1.82, 2.24) is 5.32 Å². The van der Waals surface area contributed by atoms with E-state index < -0.39 is 5.54 Å². The second kappa shape index (κ2) is 10.4. The summed E-state index contributed by atoms with van der Waals surface area (Å²) < 4.78 is 11.0. The number of halogens is 1. The summed E-state index contributed by atoms with van der Waals surface area (Å²) >= 11 is 0. The molecule has 3 N–H and O–H groups in total. The van der Waals surface area contributed by atoms with E-state index in [-0.39, 0.29) is 18.3 Å². The van der Waals surface area contributed by atoms with Gasteiger partial charge in [0.15, 0.2) is 0 Å². The SMILES string of the molecule is Cl.NC1(C(=O)NCCCOCC2CCOCC2)CCCCC1. The number of nitrogens with one attached hydrogen (secondary N) is 1. The van der Waals surface area contributed by atoms with Gasteiger partial charge in [-0.05, 0) is 38.0 Å². The second-order valence-corrected chi connectivity index (χ2v) is 6.46. The molecular formula is C16H31ClN2O3. The van der Waals surface area contributed by atoms with Crippen molar-refractivity contribution in [3.8, 4) is 0 Å². The normalized spacial score (nSPS) is 21.9. The molecule has 2 fully saturated rings. The maximum absolute atomic E-state index is 12.1. The maximum atomic E-state index is 12.1. The first-order valence-electron chi connectivity index (χ1n) is 8.43. The molecule has 1 saturated heterocycles. The van der Waals surface area contributed by atoms with E-state index in [9.17, 15) is 4.79 Å². The van der Waals surface area contributed by atoms with Crippen LogP contribution in [0.1, 0.15) is 51.4 Å². The lowest BCUT2D eigenvalue weighted by Crippen LogP contribution is -2.55. The highest BCUT2D eigenvalue weighted by atomic mass is 35.5. The van der Waals surface area contributed by atoms with E-state index in [1.54, 1.807) is 0 Å². The highest BCUT2D eigenvalue weighted by molar-refractivity contribution is 5.86. The molecule has 2 aliphatic rings. The van der Waals surface area contributed by atoms with Crippen molar-refractivity contribution in [2.75, 3.05) is 33.0 Å². The van der Waals surface area contributed by atoms with Gasteiger partial charge in [-0.2, -0.15) is 0 Å². The molecule has 0 aromatic heterocycles. The fourth-order valence-electron chi connectivity index (χ4n) is 3.12. The standard InChI is InChI=1S/C16H30N2O3.ClH/c17-16(7-2-1-3-8-16)15(19)18-9-4-10-21-13-14-5-11-20-12-6-14;/h14H,1-13,17H2,(H,18,19);1H. The van der Waals surface area contributed by atoms with Crippen molar-refractivity contribution < 1.29 is 14.3 Å². The van der Waals surface area contributed by atoms with Crippen LogP contribution in [0.25, 0.3) is 0 Å². The lowest BCUT2D eigenvalue weighted by Gasteiger charge is -2.31. The van der Waals surface area contributed by atoms with E-state index in [0.29, 0.717) is 19.1 Å². The number of hydrogen-bond acceptors (Lipinski definition) is 4. The van der Waals surface area contributed by atoms with Gasteiger partial charge in [-0.15, -0.1) is 12.4 Å². The van der Waals surface area contributed by atoms with Crippen molar-refractivity contribution in [3.63, 3.8) is 0 Å². The van der Waals surface area contributed by atoms with E-state index in [0.717, 1.165) is 64.8 Å². The van der Waals surface area contributed by atoms with E-state index in [2.05, 4.69) is 5.32 Å². The predicted molar refractivity (Wildman–Crippen MR) is 89.2 cm³/mol. The van der Waals surface area contributed by atoms with E-state index in [1.807, 2.05) is 0 Å². The molecule has 6 heteroatoms. The van der Waals surface area contributed by atoms with Gasteiger partial charge >= 0.3 is 0 Å². The number of ether oxygens (including phenoxy) is 2. The van der Waals surface area contributed by atoms with Crippen molar-refractivity contribution in [1.29, 1.82) is 0 Å². The lowest BCUT2D eigenvalue weighted by atomic mass is 9.82. The zero-order chi connectivity index (χ0) is 15.0. The van der Waals surface area contributed by atoms with Crippen LogP contribution in [0.5, 0.6) is 0 Å². The number of carbonyl (C=O) groups is 1. The van der Waals surface area contributed by atoms with Gasteiger partial charge in [0.05, 0.1) is 5.54 Å². The summed E-state index contributed by atoms with van der Waals surface area (Å²) in [6.45, 7) is 3.91. The highest BCUT2D eigenvalue weighted by Gasteiger charge is 2.34. The molecule has 1 aliphatic carbocycles. The summed E-state index contributed by atoms with van der Waals surface area (Å²) in [6.07, 6.45) is 8.03. The third-order valence-corrected chi connectivity index (χ3v) is 4.64. The van der Waals surface area contributed by atoms with Gasteiger partial charge in [-0.25, -0.2) is 0 Å². The molecule has 1 saturated carbocycles. The molecule has 0 aromatic carbocycles. The monoisotopic (exact) mass is 334 g/mol. The summed E-state index contributed by atoms with van der Waals surface area (Å²) in [5.74, 6) is 0.662. The number of nitrogens with two attached hydrogens (primary N) is 1. The largest absolute Gasteiger partial charge is 0.381 e. The van der Waals surface area contributed by atoms with E-state index in [4.69, 9.17) is 15.2 Å². The fourth-order valence-corrected chi connectivity index (χ4v) is 3.12. The van der Waals surface area contributed by atoms with Crippen molar-refractivity contribution in [2.45, 2.75) is 56.9 Å². The Labute approximate surface area is 140 Å². The Morgan fingerprint density at radius 2 is 1.91 bits per heavy atom. The summed E-state index contributed by atoms with van der Waals surface area (Å²) in [6, 6.07) is 0. The smallest absolute Gasteiger partial charge is 0.240 e. The molecule has 1 amide bonds. The molecule has 22 heavy (non-hydrogen) atoms. The van der Waals surface area contributed by atoms with Gasteiger partial charge < -0.3 is 20.5 Å². The van der Waals surface area contributed by atoms with Crippen LogP contribution in [0.2, 0.25) is 0 Å². The predicted octanol–water partition coefficient (Wildman–Crippen LogP) is 2.02. The molecule has 0 radical (unpaired) electrons. The minimum absolute atomic E-state index is 0. The fraction of sp³-hybridized carbons (Fsp3) is 0.938. The van der Waals surface area contributed by atoms with Gasteiger partial charge in [-0.3, -0.25) is 4.79 Å². The Bertz CT molecular complexity index is 317. The molecule has 0 atom stereocenters. The average molecular weight is 335 g/mol. The number of carbonyl (C=O) groups excluding carboxylic acids is 1. The number of rotatable bonds is 7. The first-order chi connectivity index (χ1) is 10.2. The van der Waals surface area contributed by atoms with Crippen molar-refractivity contribution in [3.05, 3.63) is 0 Å². The van der Waals surface area contributed by atoms with Crippen LogP contribution in [-0.4, -0.2) is 44.4 Å². The minimum atomic E-state index is -0.624. The Morgan fingerprint density at radius 3 is 2.59 bits per heavy atom. The van der Waals surface area contributed by atoms with Gasteiger partial charge in [0.25, 0.3) is 0 Å². The van der Waals surface area contributed by atoms with E-state index in [1.165, 1.54) is 6.42 Å². The Balaban J connectivity index is 0.00000242. The van der Waals surface area contributed by atoms with Crippen LogP contribution in [0.15, 0.2) is 0 Å². The number of hydrogen-bond donors (Lipinski definition) is 2. The van der Waals surface area contributed by atoms with Crippen LogP contribution in [0, 0.1) is 5.92 Å². The zero-order valence-corrected chi connectivity index (χ0v) is 14.3. The van der Waals surface area contributed by atoms with Gasteiger partial charge in [-0.1, -0.05) is 19.3 Å². The average Bonchev–Trinajstić information content (AvgIpc) is 2.52. The van der Waals surface area contributed by atoms with Crippen LogP contribution in [0.3, 0.4) is 0 Å². The lowest BCUT2D eigenvalue weighted by molar-refractivity contribution is -0.127. The first-order valence-corrected chi connectivity index (χ1v) is 8.43. The molecule has 0 spiro atoms. The quantitative estimate of drug-likeness (QED) is 0.699. The maximum Gasteiger partial charge on any atom is 0.240 e. The topological polar surface area (TPSA) is 73.6 Å². The first kappa shape index (κ1) is 19.7. The molecule has 5 nitrogen and oxygen atoms in total. The Kier molecular flexibility index (Phi) is 9.33. The van der Waals surface area contributed by atoms with Gasteiger partial charge in [0, 0.05) is 33.0 Å². The molecule has 0 aromatic rings. The van der Waals surface area contributed by atoms with Crippen LogP contribution in [-0.2, 0) is 14.3 Å². The summed E-state index contributed by atoms with van der Waals surface area (Å²) in [7, 11) is 0. The second-order valence-electron chi connectivity index (χ2n) is 6.46. The van der Waals surface area contributed by atoms with Gasteiger partial charge in [0.1, 0.15) is 0 Å². The Morgan fingerprint density at radius 1 is 1.23 bits per heavy atom. The van der Waals surface area contributed by atoms with Crippen LogP contribution in [0.4, 0.5) is 0 Å². The molecular weight excluding hydrogens is 304 g/mol. The third kappa shape index (κ3) is 6.41. The zero-order valence-electron chi connectivity index (χ0n) is 13.5. The van der Waals surface area contributed by atoms with Gasteiger partial charge in [0.2, 0.25) is 5.91 Å². The van der Waals surface area contributed by atoms with Crippen molar-refractivity contribution in [2.24, 2.45) is 11.7 Å². The summed E-state index contributed by atoms with van der Waals surface area (Å²) in [4.78, 5) is 12.1. The molecule has 0 unspecified atom stereocenters. The number of amides is 1. The molecule has 2 rings (SSSR count). The van der Waals surface area contributed by atoms with Crippen LogP contribution < -0.4 is 11.1 Å². The van der Waals surface area contributed by atoms with E-state index >= 15 is 0 Å². The minimum Gasteiger partial charge on any atom is -0.381 e. The molecule has 1 heterocycles. The third-order valence-electron chi connectivity index (χ3n) is 4.64.